The fraction of sp³-hybridized carbons (Fsp3) is 0.947. The Hall–Kier alpha value is -0.180. The molecular formula is C19H38N2S. The van der Waals surface area contributed by atoms with Crippen molar-refractivity contribution in [1.82, 2.24) is 4.31 Å². The molecule has 0 heterocycles. The molecule has 0 N–H and O–H groups in total. The molecule has 0 atom stereocenters. The van der Waals surface area contributed by atoms with Crippen LogP contribution in [0.1, 0.15) is 97.3 Å². The van der Waals surface area contributed by atoms with Gasteiger partial charge in [-0.2, -0.15) is 0 Å². The van der Waals surface area contributed by atoms with E-state index >= 15 is 0 Å². The van der Waals surface area contributed by atoms with E-state index in [-0.39, 0.29) is 0 Å². The van der Waals surface area contributed by atoms with Gasteiger partial charge in [0.25, 0.3) is 0 Å². The van der Waals surface area contributed by atoms with Crippen LogP contribution in [0.15, 0.2) is 4.99 Å². The highest BCUT2D eigenvalue weighted by molar-refractivity contribution is 7.98. The molecule has 1 rings (SSSR count). The highest BCUT2D eigenvalue weighted by atomic mass is 32.2. The molecule has 0 radical (unpaired) electrons. The van der Waals surface area contributed by atoms with E-state index in [9.17, 15) is 0 Å². The maximum Gasteiger partial charge on any atom is 0.0949 e. The predicted molar refractivity (Wildman–Crippen MR) is 103 cm³/mol. The van der Waals surface area contributed by atoms with Gasteiger partial charge in [0.2, 0.25) is 0 Å². The first-order valence-corrected chi connectivity index (χ1v) is 10.6. The molecule has 1 saturated carbocycles. The fourth-order valence-corrected chi connectivity index (χ4v) is 4.26. The molecule has 22 heavy (non-hydrogen) atoms. The minimum absolute atomic E-state index is 0.839. The third kappa shape index (κ3) is 10.5. The van der Waals surface area contributed by atoms with E-state index in [1.54, 1.807) is 0 Å². The lowest BCUT2D eigenvalue weighted by atomic mass is 10.0. The van der Waals surface area contributed by atoms with E-state index < -0.39 is 0 Å². The minimum Gasteiger partial charge on any atom is -0.307 e. The average Bonchev–Trinajstić information content (AvgIpc) is 2.55. The Balaban J connectivity index is 2.27. The molecule has 0 aromatic rings. The first-order valence-electron chi connectivity index (χ1n) is 9.80. The van der Waals surface area contributed by atoms with Gasteiger partial charge in [0, 0.05) is 18.3 Å². The number of hydrogen-bond acceptors (Lipinski definition) is 2. The first-order chi connectivity index (χ1) is 10.9. The van der Waals surface area contributed by atoms with Crippen molar-refractivity contribution in [3.05, 3.63) is 0 Å². The molecule has 2 nitrogen and oxygen atoms in total. The molecule has 1 aliphatic carbocycles. The van der Waals surface area contributed by atoms with Gasteiger partial charge in [-0.1, -0.05) is 71.6 Å². The van der Waals surface area contributed by atoms with Crippen LogP contribution in [0.2, 0.25) is 0 Å². The number of rotatable bonds is 13. The zero-order valence-electron chi connectivity index (χ0n) is 15.1. The van der Waals surface area contributed by atoms with Gasteiger partial charge in [-0.3, -0.25) is 4.99 Å². The zero-order valence-corrected chi connectivity index (χ0v) is 15.9. The second-order valence-electron chi connectivity index (χ2n) is 6.65. The summed E-state index contributed by atoms with van der Waals surface area (Å²) in [4.78, 5) is 4.69. The van der Waals surface area contributed by atoms with E-state index in [4.69, 9.17) is 0 Å². The summed E-state index contributed by atoms with van der Waals surface area (Å²) in [5, 5.41) is 0.839. The Kier molecular flexibility index (Phi) is 13.0. The second-order valence-corrected chi connectivity index (χ2v) is 8.00. The zero-order chi connectivity index (χ0) is 15.9. The average molecular weight is 327 g/mol. The van der Waals surface area contributed by atoms with Crippen LogP contribution < -0.4 is 0 Å². The maximum absolute atomic E-state index is 4.69. The van der Waals surface area contributed by atoms with Gasteiger partial charge in [-0.25, -0.2) is 0 Å². The van der Waals surface area contributed by atoms with Crippen molar-refractivity contribution in [3.63, 3.8) is 0 Å². The molecule has 1 aliphatic rings. The summed E-state index contributed by atoms with van der Waals surface area (Å²) >= 11 is 2.08. The molecule has 0 amide bonds. The molecule has 0 bridgehead atoms. The molecule has 3 heteroatoms. The summed E-state index contributed by atoms with van der Waals surface area (Å²) in [5.41, 5.74) is 0. The van der Waals surface area contributed by atoms with E-state index in [0.29, 0.717) is 0 Å². The third-order valence-electron chi connectivity index (χ3n) is 4.42. The Morgan fingerprint density at radius 2 is 1.59 bits per heavy atom. The summed E-state index contributed by atoms with van der Waals surface area (Å²) in [6.07, 6.45) is 19.9. The van der Waals surface area contributed by atoms with Crippen LogP contribution >= 0.6 is 11.9 Å². The quantitative estimate of drug-likeness (QED) is 0.167. The molecule has 0 saturated heterocycles. The van der Waals surface area contributed by atoms with Crippen molar-refractivity contribution < 1.29 is 0 Å². The Morgan fingerprint density at radius 3 is 2.27 bits per heavy atom. The number of aliphatic imine (C=N–C) groups is 1. The smallest absolute Gasteiger partial charge is 0.0949 e. The van der Waals surface area contributed by atoms with Crippen LogP contribution in [0.3, 0.4) is 0 Å². The monoisotopic (exact) mass is 326 g/mol. The van der Waals surface area contributed by atoms with Crippen LogP contribution in [0.25, 0.3) is 0 Å². The Bertz CT molecular complexity index is 262. The minimum atomic E-state index is 0.839. The highest BCUT2D eigenvalue weighted by Crippen LogP contribution is 2.30. The lowest BCUT2D eigenvalue weighted by Crippen LogP contribution is -2.21. The normalized spacial score (nSPS) is 16.5. The summed E-state index contributed by atoms with van der Waals surface area (Å²) < 4.78 is 2.45. The van der Waals surface area contributed by atoms with Gasteiger partial charge in [0.15, 0.2) is 0 Å². The standard InChI is InChI=1S/C19H38N2S/c1-3-5-7-12-16-20-18-21(17-13-8-6-4-2)22-19-14-10-9-11-15-19/h18-19H,3-17H2,1-2H3/b20-18-. The number of unbranched alkanes of at least 4 members (excludes halogenated alkanes) is 6. The van der Waals surface area contributed by atoms with Crippen LogP contribution in [0, 0.1) is 0 Å². The highest BCUT2D eigenvalue weighted by Gasteiger charge is 2.16. The largest absolute Gasteiger partial charge is 0.307 e. The first kappa shape index (κ1) is 19.9. The van der Waals surface area contributed by atoms with Crippen molar-refractivity contribution in [2.45, 2.75) is 103 Å². The van der Waals surface area contributed by atoms with E-state index in [1.165, 1.54) is 90.0 Å². The molecule has 1 fully saturated rings. The molecule has 130 valence electrons. The Morgan fingerprint density at radius 1 is 0.909 bits per heavy atom. The molecule has 0 aromatic carbocycles. The molecular weight excluding hydrogens is 288 g/mol. The van der Waals surface area contributed by atoms with E-state index in [2.05, 4.69) is 41.4 Å². The van der Waals surface area contributed by atoms with Gasteiger partial charge < -0.3 is 4.31 Å². The molecule has 0 aliphatic heterocycles. The SMILES string of the molecule is CCCCCC/N=C\N(CCCCCC)SC1CCCCC1. The van der Waals surface area contributed by atoms with Crippen molar-refractivity contribution in [3.8, 4) is 0 Å². The molecule has 0 unspecified atom stereocenters. The van der Waals surface area contributed by atoms with Gasteiger partial charge >= 0.3 is 0 Å². The number of hydrogen-bond donors (Lipinski definition) is 0. The number of nitrogens with zero attached hydrogens (tertiary/aromatic N) is 2. The van der Waals surface area contributed by atoms with Gasteiger partial charge in [-0.15, -0.1) is 0 Å². The topological polar surface area (TPSA) is 15.6 Å². The van der Waals surface area contributed by atoms with Crippen LogP contribution in [-0.2, 0) is 0 Å². The predicted octanol–water partition coefficient (Wildman–Crippen LogP) is 6.46. The maximum atomic E-state index is 4.69. The van der Waals surface area contributed by atoms with Gasteiger partial charge in [-0.05, 0) is 37.6 Å². The van der Waals surface area contributed by atoms with Crippen LogP contribution in [0.4, 0.5) is 0 Å². The van der Waals surface area contributed by atoms with Gasteiger partial charge in [0.1, 0.15) is 0 Å². The lowest BCUT2D eigenvalue weighted by Gasteiger charge is -2.27. The fourth-order valence-electron chi connectivity index (χ4n) is 2.97. The van der Waals surface area contributed by atoms with Crippen molar-refractivity contribution in [2.24, 2.45) is 4.99 Å². The van der Waals surface area contributed by atoms with Crippen molar-refractivity contribution in [1.29, 1.82) is 0 Å². The second kappa shape index (κ2) is 14.4. The van der Waals surface area contributed by atoms with Crippen LogP contribution in [0.5, 0.6) is 0 Å². The van der Waals surface area contributed by atoms with Crippen molar-refractivity contribution in [2.75, 3.05) is 13.1 Å². The molecule has 0 aromatic heterocycles. The van der Waals surface area contributed by atoms with Gasteiger partial charge in [0.05, 0.1) is 6.34 Å². The van der Waals surface area contributed by atoms with E-state index in [0.717, 1.165) is 11.8 Å². The Labute approximate surface area is 143 Å². The summed E-state index contributed by atoms with van der Waals surface area (Å²) in [6.45, 7) is 6.74. The third-order valence-corrected chi connectivity index (χ3v) is 5.74. The van der Waals surface area contributed by atoms with Crippen molar-refractivity contribution >= 4 is 18.3 Å². The van der Waals surface area contributed by atoms with E-state index in [1.807, 2.05) is 0 Å². The summed E-state index contributed by atoms with van der Waals surface area (Å²) in [7, 11) is 0. The summed E-state index contributed by atoms with van der Waals surface area (Å²) in [6, 6.07) is 0. The lowest BCUT2D eigenvalue weighted by molar-refractivity contribution is 0.505. The summed E-state index contributed by atoms with van der Waals surface area (Å²) in [5.74, 6) is 0. The molecule has 0 spiro atoms. The van der Waals surface area contributed by atoms with Crippen LogP contribution in [-0.4, -0.2) is 29.0 Å².